The number of hydrogen-bond donors (Lipinski definition) is 1. The van der Waals surface area contributed by atoms with E-state index in [2.05, 4.69) is 67.5 Å². The second-order valence-electron chi connectivity index (χ2n) is 5.15. The largest absolute Gasteiger partial charge is 0.337 e. The van der Waals surface area contributed by atoms with Crippen molar-refractivity contribution in [3.8, 4) is 0 Å². The van der Waals surface area contributed by atoms with Crippen LogP contribution in [-0.2, 0) is 19.6 Å². The lowest BCUT2D eigenvalue weighted by Crippen LogP contribution is -2.12. The summed E-state index contributed by atoms with van der Waals surface area (Å²) in [5.41, 5.74) is 10.5. The van der Waals surface area contributed by atoms with Crippen LogP contribution in [0.3, 0.4) is 0 Å². The van der Waals surface area contributed by atoms with Crippen LogP contribution >= 0.6 is 15.9 Å². The van der Waals surface area contributed by atoms with E-state index in [4.69, 9.17) is 5.73 Å². The SMILES string of the molecule is CCn1nc(C)c(Br)c1Cn1c(CN)cc2ccccc21. The number of halogens is 1. The second kappa shape index (κ2) is 5.66. The van der Waals surface area contributed by atoms with Crippen LogP contribution in [0.4, 0.5) is 0 Å². The number of rotatable bonds is 4. The van der Waals surface area contributed by atoms with E-state index in [9.17, 15) is 0 Å². The average Bonchev–Trinajstić information content (AvgIpc) is 2.99. The number of nitrogens with two attached hydrogens (primary N) is 1. The van der Waals surface area contributed by atoms with Gasteiger partial charge in [0.15, 0.2) is 0 Å². The molecular formula is C16H19BrN4. The van der Waals surface area contributed by atoms with Gasteiger partial charge >= 0.3 is 0 Å². The third kappa shape index (κ3) is 2.40. The summed E-state index contributed by atoms with van der Waals surface area (Å²) >= 11 is 3.67. The summed E-state index contributed by atoms with van der Waals surface area (Å²) < 4.78 is 5.42. The molecule has 3 aromatic rings. The fraction of sp³-hybridized carbons (Fsp3) is 0.312. The van der Waals surface area contributed by atoms with Crippen molar-refractivity contribution in [1.29, 1.82) is 0 Å². The Morgan fingerprint density at radius 2 is 2.05 bits per heavy atom. The fourth-order valence-corrected chi connectivity index (χ4v) is 3.20. The molecule has 2 heterocycles. The molecule has 0 saturated heterocycles. The van der Waals surface area contributed by atoms with Crippen molar-refractivity contribution in [2.24, 2.45) is 5.73 Å². The summed E-state index contributed by atoms with van der Waals surface area (Å²) in [6.07, 6.45) is 0. The normalized spacial score (nSPS) is 11.4. The highest BCUT2D eigenvalue weighted by molar-refractivity contribution is 9.10. The van der Waals surface area contributed by atoms with Crippen LogP contribution in [0.1, 0.15) is 24.0 Å². The van der Waals surface area contributed by atoms with Crippen molar-refractivity contribution in [2.75, 3.05) is 0 Å². The van der Waals surface area contributed by atoms with E-state index in [1.165, 1.54) is 16.6 Å². The number of hydrogen-bond acceptors (Lipinski definition) is 2. The van der Waals surface area contributed by atoms with Crippen LogP contribution in [0.5, 0.6) is 0 Å². The smallest absolute Gasteiger partial charge is 0.0739 e. The maximum atomic E-state index is 5.93. The van der Waals surface area contributed by atoms with E-state index in [0.29, 0.717) is 6.54 Å². The summed E-state index contributed by atoms with van der Waals surface area (Å²) in [7, 11) is 0. The molecule has 21 heavy (non-hydrogen) atoms. The van der Waals surface area contributed by atoms with Gasteiger partial charge < -0.3 is 10.3 Å². The molecule has 2 aromatic heterocycles. The lowest BCUT2D eigenvalue weighted by molar-refractivity contribution is 0.595. The number of aromatic nitrogens is 3. The van der Waals surface area contributed by atoms with Crippen LogP contribution < -0.4 is 5.73 Å². The van der Waals surface area contributed by atoms with Gasteiger partial charge in [-0.25, -0.2) is 0 Å². The molecule has 0 aliphatic carbocycles. The Hall–Kier alpha value is -1.59. The first-order valence-electron chi connectivity index (χ1n) is 7.14. The van der Waals surface area contributed by atoms with Gasteiger partial charge in [0, 0.05) is 24.3 Å². The van der Waals surface area contributed by atoms with Crippen LogP contribution in [0.2, 0.25) is 0 Å². The first kappa shape index (κ1) is 14.4. The number of benzene rings is 1. The van der Waals surface area contributed by atoms with Crippen LogP contribution in [0, 0.1) is 6.92 Å². The molecular weight excluding hydrogens is 328 g/mol. The molecule has 3 rings (SSSR count). The molecule has 0 aliphatic rings. The van der Waals surface area contributed by atoms with Crippen molar-refractivity contribution in [2.45, 2.75) is 33.5 Å². The van der Waals surface area contributed by atoms with E-state index in [-0.39, 0.29) is 0 Å². The molecule has 1 aromatic carbocycles. The van der Waals surface area contributed by atoms with E-state index >= 15 is 0 Å². The zero-order valence-corrected chi connectivity index (χ0v) is 13.9. The zero-order chi connectivity index (χ0) is 15.0. The highest BCUT2D eigenvalue weighted by Gasteiger charge is 2.15. The summed E-state index contributed by atoms with van der Waals surface area (Å²) in [4.78, 5) is 0. The molecule has 0 spiro atoms. The van der Waals surface area contributed by atoms with Gasteiger partial charge in [-0.2, -0.15) is 5.10 Å². The highest BCUT2D eigenvalue weighted by atomic mass is 79.9. The van der Waals surface area contributed by atoms with Crippen molar-refractivity contribution in [3.63, 3.8) is 0 Å². The number of nitrogens with zero attached hydrogens (tertiary/aromatic N) is 3. The number of aryl methyl sites for hydroxylation is 2. The molecule has 0 aliphatic heterocycles. The van der Waals surface area contributed by atoms with Gasteiger partial charge in [-0.05, 0) is 47.3 Å². The molecule has 0 fully saturated rings. The first-order valence-corrected chi connectivity index (χ1v) is 7.94. The van der Waals surface area contributed by atoms with Crippen molar-refractivity contribution < 1.29 is 0 Å². The molecule has 0 amide bonds. The van der Waals surface area contributed by atoms with Gasteiger partial charge in [-0.1, -0.05) is 18.2 Å². The Kier molecular flexibility index (Phi) is 3.87. The highest BCUT2D eigenvalue weighted by Crippen LogP contribution is 2.26. The lowest BCUT2D eigenvalue weighted by atomic mass is 10.2. The summed E-state index contributed by atoms with van der Waals surface area (Å²) in [6.45, 7) is 6.30. The van der Waals surface area contributed by atoms with Crippen LogP contribution in [0.25, 0.3) is 10.9 Å². The molecule has 0 bridgehead atoms. The summed E-state index contributed by atoms with van der Waals surface area (Å²) in [5, 5.41) is 5.80. The van der Waals surface area contributed by atoms with E-state index in [0.717, 1.165) is 29.0 Å². The molecule has 0 saturated carbocycles. The second-order valence-corrected chi connectivity index (χ2v) is 5.94. The Balaban J connectivity index is 2.14. The molecule has 4 nitrogen and oxygen atoms in total. The van der Waals surface area contributed by atoms with Crippen molar-refractivity contribution in [3.05, 3.63) is 51.9 Å². The quantitative estimate of drug-likeness (QED) is 0.786. The van der Waals surface area contributed by atoms with Gasteiger partial charge in [0.25, 0.3) is 0 Å². The molecule has 2 N–H and O–H groups in total. The van der Waals surface area contributed by atoms with Gasteiger partial charge in [0.2, 0.25) is 0 Å². The standard InChI is InChI=1S/C16H19BrN4/c1-3-21-15(16(17)11(2)19-21)10-20-13(9-18)8-12-6-4-5-7-14(12)20/h4-8H,3,9-10,18H2,1-2H3. The molecule has 0 atom stereocenters. The van der Waals surface area contributed by atoms with E-state index < -0.39 is 0 Å². The maximum absolute atomic E-state index is 5.93. The third-order valence-electron chi connectivity index (χ3n) is 3.87. The van der Waals surface area contributed by atoms with E-state index in [1.807, 2.05) is 6.92 Å². The predicted molar refractivity (Wildman–Crippen MR) is 89.3 cm³/mol. The fourth-order valence-electron chi connectivity index (χ4n) is 2.79. The van der Waals surface area contributed by atoms with Gasteiger partial charge in [0.05, 0.1) is 22.4 Å². The van der Waals surface area contributed by atoms with Crippen molar-refractivity contribution in [1.82, 2.24) is 14.3 Å². The molecule has 110 valence electrons. The first-order chi connectivity index (χ1) is 10.2. The zero-order valence-electron chi connectivity index (χ0n) is 12.3. The lowest BCUT2D eigenvalue weighted by Gasteiger charge is -2.11. The molecule has 5 heteroatoms. The van der Waals surface area contributed by atoms with Gasteiger partial charge in [0.1, 0.15) is 0 Å². The Labute approximate surface area is 132 Å². The third-order valence-corrected chi connectivity index (χ3v) is 4.90. The predicted octanol–water partition coefficient (Wildman–Crippen LogP) is 3.44. The molecule has 0 radical (unpaired) electrons. The summed E-state index contributed by atoms with van der Waals surface area (Å²) in [5.74, 6) is 0. The Morgan fingerprint density at radius 3 is 2.76 bits per heavy atom. The van der Waals surface area contributed by atoms with Gasteiger partial charge in [-0.15, -0.1) is 0 Å². The Morgan fingerprint density at radius 1 is 1.29 bits per heavy atom. The van der Waals surface area contributed by atoms with Gasteiger partial charge in [-0.3, -0.25) is 4.68 Å². The summed E-state index contributed by atoms with van der Waals surface area (Å²) in [6, 6.07) is 10.6. The molecule has 0 unspecified atom stereocenters. The van der Waals surface area contributed by atoms with Crippen LogP contribution in [-0.4, -0.2) is 14.3 Å². The average molecular weight is 347 g/mol. The minimum atomic E-state index is 0.533. The Bertz CT molecular complexity index is 785. The number of para-hydroxylation sites is 1. The number of fused-ring (bicyclic) bond motifs is 1. The maximum Gasteiger partial charge on any atom is 0.0739 e. The van der Waals surface area contributed by atoms with E-state index in [1.54, 1.807) is 0 Å². The minimum Gasteiger partial charge on any atom is -0.337 e. The van der Waals surface area contributed by atoms with Crippen molar-refractivity contribution >= 4 is 26.8 Å². The van der Waals surface area contributed by atoms with Crippen LogP contribution in [0.15, 0.2) is 34.8 Å². The topological polar surface area (TPSA) is 48.8 Å². The minimum absolute atomic E-state index is 0.533. The monoisotopic (exact) mass is 346 g/mol.